The first kappa shape index (κ1) is 19.3. The third kappa shape index (κ3) is 3.94. The number of esters is 1. The Kier molecular flexibility index (Phi) is 5.17. The highest BCUT2D eigenvalue weighted by Gasteiger charge is 2.40. The van der Waals surface area contributed by atoms with Crippen molar-refractivity contribution in [3.63, 3.8) is 0 Å². The predicted octanol–water partition coefficient (Wildman–Crippen LogP) is 2.76. The van der Waals surface area contributed by atoms with E-state index in [1.807, 2.05) is 19.9 Å². The molecule has 0 saturated carbocycles. The number of allylic oxidation sites excluding steroid dienone is 1. The Morgan fingerprint density at radius 3 is 2.48 bits per heavy atom. The molecule has 2 N–H and O–H groups in total. The Morgan fingerprint density at radius 2 is 1.89 bits per heavy atom. The van der Waals surface area contributed by atoms with Crippen molar-refractivity contribution in [1.82, 2.24) is 0 Å². The van der Waals surface area contributed by atoms with Gasteiger partial charge in [-0.3, -0.25) is 14.9 Å². The van der Waals surface area contributed by atoms with Gasteiger partial charge in [0.25, 0.3) is 5.69 Å². The summed E-state index contributed by atoms with van der Waals surface area (Å²) in [6.45, 7) is 3.86. The molecule has 0 aromatic heterocycles. The summed E-state index contributed by atoms with van der Waals surface area (Å²) in [5.41, 5.74) is 2.09. The molecule has 1 aliphatic heterocycles. The number of carbonyl (C=O) groups is 1. The van der Waals surface area contributed by atoms with Crippen LogP contribution in [0.2, 0.25) is 0 Å². The Morgan fingerprint density at radius 1 is 1.22 bits per heavy atom. The zero-order valence-corrected chi connectivity index (χ0v) is 15.3. The SMILES string of the molecule is CC1(C)C(C=C[C@H]2C[C@H](O)CC(=O)O2)=C(c2ccc([N+](=O)[O-])cc2)CC1O. The number of nitrogens with zero attached hydrogens (tertiary/aromatic N) is 1. The number of hydrogen-bond donors (Lipinski definition) is 2. The summed E-state index contributed by atoms with van der Waals surface area (Å²) in [6, 6.07) is 6.25. The van der Waals surface area contributed by atoms with Crippen LogP contribution in [0.5, 0.6) is 0 Å². The fourth-order valence-corrected chi connectivity index (χ4v) is 3.63. The molecule has 7 heteroatoms. The van der Waals surface area contributed by atoms with Crippen LogP contribution < -0.4 is 0 Å². The quantitative estimate of drug-likeness (QED) is 0.477. The fraction of sp³-hybridized carbons (Fsp3) is 0.450. The number of non-ortho nitro benzene ring substituents is 1. The zero-order chi connectivity index (χ0) is 19.8. The van der Waals surface area contributed by atoms with Crippen LogP contribution >= 0.6 is 0 Å². The Balaban J connectivity index is 1.93. The molecule has 1 fully saturated rings. The first-order chi connectivity index (χ1) is 12.7. The Labute approximate surface area is 157 Å². The van der Waals surface area contributed by atoms with E-state index >= 15 is 0 Å². The average molecular weight is 373 g/mol. The molecule has 0 radical (unpaired) electrons. The topological polar surface area (TPSA) is 110 Å². The molecule has 1 aliphatic carbocycles. The van der Waals surface area contributed by atoms with Crippen molar-refractivity contribution in [3.05, 3.63) is 57.7 Å². The fourth-order valence-electron chi connectivity index (χ4n) is 3.63. The summed E-state index contributed by atoms with van der Waals surface area (Å²) in [5.74, 6) is -0.432. The minimum absolute atomic E-state index is 0.00525. The standard InChI is InChI=1S/C20H23NO6/c1-20(2)17(8-7-15-9-14(22)10-19(24)27-15)16(11-18(20)23)12-3-5-13(6-4-12)21(25)26/h3-8,14-15,18,22-23H,9-11H2,1-2H3/t14-,15-,18?/m0/s1. The predicted molar refractivity (Wildman–Crippen MR) is 98.7 cm³/mol. The molecule has 3 atom stereocenters. The molecule has 1 aromatic carbocycles. The summed E-state index contributed by atoms with van der Waals surface area (Å²) >= 11 is 0. The van der Waals surface area contributed by atoms with E-state index in [9.17, 15) is 25.1 Å². The number of rotatable bonds is 4. The number of aliphatic hydroxyl groups excluding tert-OH is 2. The van der Waals surface area contributed by atoms with Gasteiger partial charge in [0.2, 0.25) is 0 Å². The molecule has 1 saturated heterocycles. The number of nitro groups is 1. The van der Waals surface area contributed by atoms with Crippen LogP contribution in [-0.4, -0.2) is 39.4 Å². The summed E-state index contributed by atoms with van der Waals surface area (Å²) in [6.07, 6.45) is 2.52. The molecule has 144 valence electrons. The second-order valence-electron chi connectivity index (χ2n) is 7.62. The highest BCUT2D eigenvalue weighted by molar-refractivity contribution is 5.76. The summed E-state index contributed by atoms with van der Waals surface area (Å²) in [4.78, 5) is 21.9. The van der Waals surface area contributed by atoms with Gasteiger partial charge in [-0.25, -0.2) is 0 Å². The van der Waals surface area contributed by atoms with Crippen LogP contribution in [0.3, 0.4) is 0 Å². The van der Waals surface area contributed by atoms with Crippen molar-refractivity contribution in [2.75, 3.05) is 0 Å². The van der Waals surface area contributed by atoms with Crippen LogP contribution in [0.4, 0.5) is 5.69 Å². The van der Waals surface area contributed by atoms with Crippen LogP contribution in [0.25, 0.3) is 5.57 Å². The van der Waals surface area contributed by atoms with E-state index in [1.54, 1.807) is 18.2 Å². The molecule has 2 aliphatic rings. The van der Waals surface area contributed by atoms with Gasteiger partial charge in [0.05, 0.1) is 23.6 Å². The van der Waals surface area contributed by atoms with E-state index in [4.69, 9.17) is 4.74 Å². The van der Waals surface area contributed by atoms with E-state index in [-0.39, 0.29) is 12.1 Å². The lowest BCUT2D eigenvalue weighted by molar-refractivity contribution is -0.384. The third-order valence-electron chi connectivity index (χ3n) is 5.34. The van der Waals surface area contributed by atoms with E-state index in [0.29, 0.717) is 12.8 Å². The molecule has 3 rings (SSSR count). The Bertz CT molecular complexity index is 808. The van der Waals surface area contributed by atoms with E-state index in [2.05, 4.69) is 0 Å². The number of nitro benzene ring substituents is 1. The van der Waals surface area contributed by atoms with Crippen molar-refractivity contribution in [1.29, 1.82) is 0 Å². The molecule has 1 aromatic rings. The molecular weight excluding hydrogens is 350 g/mol. The molecule has 27 heavy (non-hydrogen) atoms. The molecule has 1 heterocycles. The van der Waals surface area contributed by atoms with Crippen LogP contribution in [0, 0.1) is 15.5 Å². The van der Waals surface area contributed by atoms with Gasteiger partial charge in [0.1, 0.15) is 6.10 Å². The largest absolute Gasteiger partial charge is 0.458 e. The second kappa shape index (κ2) is 7.25. The highest BCUT2D eigenvalue weighted by atomic mass is 16.6. The first-order valence-electron chi connectivity index (χ1n) is 8.90. The monoisotopic (exact) mass is 373 g/mol. The lowest BCUT2D eigenvalue weighted by atomic mass is 9.82. The number of carbonyl (C=O) groups excluding carboxylic acids is 1. The average Bonchev–Trinajstić information content (AvgIpc) is 2.82. The summed E-state index contributed by atoms with van der Waals surface area (Å²) in [7, 11) is 0. The van der Waals surface area contributed by atoms with Crippen molar-refractivity contribution in [2.45, 2.75) is 51.4 Å². The lowest BCUT2D eigenvalue weighted by Gasteiger charge is -2.27. The summed E-state index contributed by atoms with van der Waals surface area (Å²) in [5, 5.41) is 31.1. The van der Waals surface area contributed by atoms with Gasteiger partial charge in [0, 0.05) is 30.4 Å². The number of benzene rings is 1. The number of cyclic esters (lactones) is 1. The maximum atomic E-state index is 11.5. The molecule has 0 spiro atoms. The first-order valence-corrected chi connectivity index (χ1v) is 8.90. The van der Waals surface area contributed by atoms with Gasteiger partial charge in [-0.15, -0.1) is 0 Å². The third-order valence-corrected chi connectivity index (χ3v) is 5.34. The molecule has 7 nitrogen and oxygen atoms in total. The van der Waals surface area contributed by atoms with E-state index in [0.717, 1.165) is 16.7 Å². The van der Waals surface area contributed by atoms with Gasteiger partial charge >= 0.3 is 5.97 Å². The minimum Gasteiger partial charge on any atom is -0.458 e. The highest BCUT2D eigenvalue weighted by Crippen LogP contribution is 2.47. The van der Waals surface area contributed by atoms with Crippen molar-refractivity contribution >= 4 is 17.2 Å². The van der Waals surface area contributed by atoms with Gasteiger partial charge < -0.3 is 14.9 Å². The van der Waals surface area contributed by atoms with Crippen molar-refractivity contribution in [2.24, 2.45) is 5.41 Å². The molecular formula is C20H23NO6. The van der Waals surface area contributed by atoms with Crippen molar-refractivity contribution in [3.8, 4) is 0 Å². The van der Waals surface area contributed by atoms with Crippen LogP contribution in [0.1, 0.15) is 38.7 Å². The van der Waals surface area contributed by atoms with E-state index in [1.165, 1.54) is 12.1 Å². The maximum Gasteiger partial charge on any atom is 0.309 e. The van der Waals surface area contributed by atoms with Crippen LogP contribution in [0.15, 0.2) is 42.0 Å². The zero-order valence-electron chi connectivity index (χ0n) is 15.3. The van der Waals surface area contributed by atoms with Crippen LogP contribution in [-0.2, 0) is 9.53 Å². The van der Waals surface area contributed by atoms with Gasteiger partial charge in [-0.1, -0.05) is 19.9 Å². The number of hydrogen-bond acceptors (Lipinski definition) is 6. The molecule has 1 unspecified atom stereocenters. The van der Waals surface area contributed by atoms with Crippen molar-refractivity contribution < 1.29 is 24.7 Å². The number of aliphatic hydroxyl groups is 2. The normalized spacial score (nSPS) is 27.9. The maximum absolute atomic E-state index is 11.5. The smallest absolute Gasteiger partial charge is 0.309 e. The number of ether oxygens (including phenoxy) is 1. The van der Waals surface area contributed by atoms with E-state index < -0.39 is 34.6 Å². The Hall–Kier alpha value is -2.51. The lowest BCUT2D eigenvalue weighted by Crippen LogP contribution is -2.31. The van der Waals surface area contributed by atoms with Gasteiger partial charge in [-0.2, -0.15) is 0 Å². The molecule has 0 amide bonds. The second-order valence-corrected chi connectivity index (χ2v) is 7.62. The summed E-state index contributed by atoms with van der Waals surface area (Å²) < 4.78 is 5.25. The minimum atomic E-state index is -0.716. The van der Waals surface area contributed by atoms with Gasteiger partial charge in [-0.05, 0) is 34.9 Å². The van der Waals surface area contributed by atoms with Gasteiger partial charge in [0.15, 0.2) is 0 Å². The molecule has 0 bridgehead atoms.